The van der Waals surface area contributed by atoms with Crippen LogP contribution in [0.1, 0.15) is 97.8 Å². The summed E-state index contributed by atoms with van der Waals surface area (Å²) in [4.78, 5) is 84.5. The van der Waals surface area contributed by atoms with Crippen molar-refractivity contribution in [3.8, 4) is 0 Å². The minimum atomic E-state index is -0.318. The number of piperidine rings is 3. The molecule has 0 bridgehead atoms. The fourth-order valence-electron chi connectivity index (χ4n) is 14.4. The average molecular weight is 1480 g/mol. The number of benzene rings is 9. The highest BCUT2D eigenvalue weighted by atomic mass is 35.5. The van der Waals surface area contributed by atoms with Crippen molar-refractivity contribution in [2.24, 2.45) is 17.8 Å². The predicted octanol–water partition coefficient (Wildman–Crippen LogP) is 17.0. The van der Waals surface area contributed by atoms with E-state index in [0.29, 0.717) is 143 Å². The summed E-state index contributed by atoms with van der Waals surface area (Å²) in [6.07, 6.45) is 4.68. The zero-order valence-electron chi connectivity index (χ0n) is 58.8. The molecule has 6 heterocycles. The molecule has 540 valence electrons. The highest BCUT2D eigenvalue weighted by molar-refractivity contribution is 6.31. The third kappa shape index (κ3) is 18.5. The Morgan fingerprint density at radius 1 is 0.349 bits per heavy atom. The standard InChI is InChI=1S/C30H30ClN3O2.C29H27ClFN3O2.C28H26ClN3O2/c31-26-12-10-23(11-13-26)21-34-27-9-5-4-8-25(27)20-28(34)30(36)33-18-15-24(16-19-33)29(35)32-17-14-22-6-2-1-3-7-22;30-24-10-8-20(9-11-24)19-34-26-7-2-1-5-23(26)17-27(34)29(36)33-14-12-22(13-15-33)28(35)32-18-21-4-3-6-25(31)16-21;29-23-12-10-20(11-13-23)19-32-25-9-5-4-6-22(25)18-26(32)28(34)31-16-14-21(15-17-31)27(33)30-24-7-2-1-3-8-24/h1-13,20,24H,14-19,21H2,(H,32,35);1-11,16-17,22H,12-15,18-19H2,(H,32,35);1-13,18,21H,14-17,19H2,(H,30,33). The molecular formula is C87H83Cl3FN9O6. The quantitative estimate of drug-likeness (QED) is 0.0774. The molecule has 0 spiro atoms. The van der Waals surface area contributed by atoms with E-state index in [2.05, 4.69) is 41.8 Å². The minimum absolute atomic E-state index is 0.00656. The zero-order chi connectivity index (χ0) is 73.5. The van der Waals surface area contributed by atoms with Gasteiger partial charge in [0.25, 0.3) is 17.7 Å². The van der Waals surface area contributed by atoms with E-state index < -0.39 is 0 Å². The van der Waals surface area contributed by atoms with Gasteiger partial charge in [-0.15, -0.1) is 0 Å². The monoisotopic (exact) mass is 1470 g/mol. The van der Waals surface area contributed by atoms with Gasteiger partial charge in [0.1, 0.15) is 22.9 Å². The van der Waals surface area contributed by atoms with Gasteiger partial charge >= 0.3 is 0 Å². The molecule has 0 atom stereocenters. The van der Waals surface area contributed by atoms with Crippen LogP contribution in [0.15, 0.2) is 249 Å². The highest BCUT2D eigenvalue weighted by Crippen LogP contribution is 2.31. The molecule has 15 nitrogen and oxygen atoms in total. The summed E-state index contributed by atoms with van der Waals surface area (Å²) >= 11 is 18.2. The number of amides is 6. The summed E-state index contributed by atoms with van der Waals surface area (Å²) < 4.78 is 19.6. The Balaban J connectivity index is 0.000000141. The Morgan fingerprint density at radius 3 is 1.08 bits per heavy atom. The third-order valence-corrected chi connectivity index (χ3v) is 21.0. The van der Waals surface area contributed by atoms with Gasteiger partial charge in [0.2, 0.25) is 17.7 Å². The van der Waals surface area contributed by atoms with Crippen LogP contribution in [0.4, 0.5) is 10.1 Å². The van der Waals surface area contributed by atoms with Gasteiger partial charge in [0.05, 0.1) is 0 Å². The first-order valence-corrected chi connectivity index (χ1v) is 37.3. The second-order valence-electron chi connectivity index (χ2n) is 27.3. The smallest absolute Gasteiger partial charge is 0.270 e. The molecule has 3 saturated heterocycles. The fourth-order valence-corrected chi connectivity index (χ4v) is 14.8. The van der Waals surface area contributed by atoms with Gasteiger partial charge in [0, 0.05) is 143 Å². The van der Waals surface area contributed by atoms with E-state index in [-0.39, 0.29) is 59.0 Å². The van der Waals surface area contributed by atoms with E-state index in [4.69, 9.17) is 34.8 Å². The highest BCUT2D eigenvalue weighted by Gasteiger charge is 2.33. The molecule has 19 heteroatoms. The van der Waals surface area contributed by atoms with Crippen molar-refractivity contribution in [1.82, 2.24) is 39.0 Å². The average Bonchev–Trinajstić information content (AvgIpc) is 1.64. The lowest BCUT2D eigenvalue weighted by Gasteiger charge is -2.31. The summed E-state index contributed by atoms with van der Waals surface area (Å²) in [5.41, 5.74) is 11.0. The lowest BCUT2D eigenvalue weighted by Crippen LogP contribution is -2.43. The van der Waals surface area contributed by atoms with E-state index in [1.165, 1.54) is 17.7 Å². The van der Waals surface area contributed by atoms with E-state index in [1.807, 2.05) is 227 Å². The summed E-state index contributed by atoms with van der Waals surface area (Å²) in [5, 5.41) is 14.1. The van der Waals surface area contributed by atoms with Gasteiger partial charge in [-0.1, -0.05) is 186 Å². The number of hydrogen-bond acceptors (Lipinski definition) is 6. The SMILES string of the molecule is O=C(NCCc1ccccc1)C1CCN(C(=O)c2cc3ccccc3n2Cc2ccc(Cl)cc2)CC1.O=C(NCc1cccc(F)c1)C1CCN(C(=O)c2cc3ccccc3n2Cc2ccc(Cl)cc2)CC1.O=C(Nc1ccccc1)C1CCN(C(=O)c2cc3ccccc3n2Cc2ccc(Cl)cc2)CC1. The number of fused-ring (bicyclic) bond motifs is 3. The fraction of sp³-hybridized carbons (Fsp3) is 0.241. The number of carbonyl (C=O) groups is 6. The molecule has 9 aromatic carbocycles. The van der Waals surface area contributed by atoms with Crippen LogP contribution >= 0.6 is 34.8 Å². The van der Waals surface area contributed by atoms with Gasteiger partial charge in [-0.25, -0.2) is 4.39 Å². The number of aromatic nitrogens is 3. The number of carbonyl (C=O) groups excluding carboxylic acids is 6. The van der Waals surface area contributed by atoms with Crippen LogP contribution in [0, 0.1) is 23.6 Å². The van der Waals surface area contributed by atoms with Crippen molar-refractivity contribution in [3.05, 3.63) is 315 Å². The van der Waals surface area contributed by atoms with Crippen LogP contribution < -0.4 is 16.0 Å². The number of rotatable bonds is 18. The topological polar surface area (TPSA) is 163 Å². The Kier molecular flexibility index (Phi) is 24.2. The van der Waals surface area contributed by atoms with Crippen LogP contribution in [0.2, 0.25) is 15.1 Å². The second kappa shape index (κ2) is 34.9. The molecule has 106 heavy (non-hydrogen) atoms. The van der Waals surface area contributed by atoms with Gasteiger partial charge < -0.3 is 44.4 Å². The maximum atomic E-state index is 13.6. The van der Waals surface area contributed by atoms with E-state index >= 15 is 0 Å². The normalized spacial score (nSPS) is 14.2. The summed E-state index contributed by atoms with van der Waals surface area (Å²) in [5.74, 6) is -0.569. The number of hydrogen-bond donors (Lipinski definition) is 3. The summed E-state index contributed by atoms with van der Waals surface area (Å²) in [7, 11) is 0. The molecule has 15 rings (SSSR count). The number of halogens is 4. The van der Waals surface area contributed by atoms with Crippen LogP contribution in [0.25, 0.3) is 32.7 Å². The lowest BCUT2D eigenvalue weighted by atomic mass is 9.95. The molecule has 0 aliphatic carbocycles. The van der Waals surface area contributed by atoms with Crippen molar-refractivity contribution in [2.75, 3.05) is 51.1 Å². The third-order valence-electron chi connectivity index (χ3n) is 20.3. The Morgan fingerprint density at radius 2 is 0.689 bits per heavy atom. The Hall–Kier alpha value is -10.8. The minimum Gasteiger partial charge on any atom is -0.356 e. The largest absolute Gasteiger partial charge is 0.356 e. The molecule has 0 radical (unpaired) electrons. The zero-order valence-corrected chi connectivity index (χ0v) is 61.0. The van der Waals surface area contributed by atoms with Crippen molar-refractivity contribution in [3.63, 3.8) is 0 Å². The molecule has 6 amide bonds. The van der Waals surface area contributed by atoms with Crippen molar-refractivity contribution in [2.45, 2.75) is 71.1 Å². The molecular weight excluding hydrogens is 1390 g/mol. The first-order chi connectivity index (χ1) is 51.6. The second-order valence-corrected chi connectivity index (χ2v) is 28.6. The predicted molar refractivity (Wildman–Crippen MR) is 420 cm³/mol. The van der Waals surface area contributed by atoms with E-state index in [0.717, 1.165) is 67.1 Å². The van der Waals surface area contributed by atoms with Gasteiger partial charge in [-0.2, -0.15) is 0 Å². The molecule has 3 aliphatic heterocycles. The Bertz CT molecular complexity index is 5040. The first kappa shape index (κ1) is 73.5. The number of para-hydroxylation sites is 4. The number of nitrogens with zero attached hydrogens (tertiary/aromatic N) is 6. The van der Waals surface area contributed by atoms with Gasteiger partial charge in [0.15, 0.2) is 0 Å². The molecule has 3 aromatic heterocycles. The first-order valence-electron chi connectivity index (χ1n) is 36.2. The number of anilines is 1. The maximum absolute atomic E-state index is 13.6. The van der Waals surface area contributed by atoms with Crippen molar-refractivity contribution < 1.29 is 33.2 Å². The lowest BCUT2D eigenvalue weighted by molar-refractivity contribution is -0.127. The summed E-state index contributed by atoms with van der Waals surface area (Å²) in [6, 6.07) is 79.0. The van der Waals surface area contributed by atoms with E-state index in [9.17, 15) is 33.2 Å². The van der Waals surface area contributed by atoms with Crippen LogP contribution in [0.5, 0.6) is 0 Å². The molecule has 0 saturated carbocycles. The summed E-state index contributed by atoms with van der Waals surface area (Å²) in [6.45, 7) is 5.98. The van der Waals surface area contributed by atoms with Crippen molar-refractivity contribution >= 4 is 109 Å². The van der Waals surface area contributed by atoms with Crippen LogP contribution in [0.3, 0.4) is 0 Å². The number of likely N-dealkylation sites (tertiary alicyclic amines) is 3. The molecule has 12 aromatic rings. The van der Waals surface area contributed by atoms with Gasteiger partial charge in [-0.05, 0) is 170 Å². The van der Waals surface area contributed by atoms with Gasteiger partial charge in [-0.3, -0.25) is 28.8 Å². The van der Waals surface area contributed by atoms with E-state index in [1.54, 1.807) is 12.1 Å². The number of nitrogens with one attached hydrogen (secondary N) is 3. The molecule has 3 N–H and O–H groups in total. The molecule has 3 aliphatic rings. The maximum Gasteiger partial charge on any atom is 0.270 e. The van der Waals surface area contributed by atoms with Crippen LogP contribution in [-0.2, 0) is 47.0 Å². The molecule has 0 unspecified atom stereocenters. The Labute approximate surface area is 631 Å². The molecule has 3 fully saturated rings. The van der Waals surface area contributed by atoms with Crippen LogP contribution in [-0.4, -0.2) is 110 Å². The van der Waals surface area contributed by atoms with Crippen molar-refractivity contribution in [1.29, 1.82) is 0 Å².